The van der Waals surface area contributed by atoms with Crippen LogP contribution in [0.2, 0.25) is 5.02 Å². The van der Waals surface area contributed by atoms with Crippen molar-refractivity contribution in [2.75, 3.05) is 31.5 Å². The predicted octanol–water partition coefficient (Wildman–Crippen LogP) is 2.60. The molecule has 1 saturated heterocycles. The van der Waals surface area contributed by atoms with E-state index in [0.29, 0.717) is 5.02 Å². The first kappa shape index (κ1) is 18.3. The van der Waals surface area contributed by atoms with Crippen LogP contribution in [-0.2, 0) is 0 Å². The molecule has 7 heteroatoms. The molecule has 27 heavy (non-hydrogen) atoms. The number of nitrogens with zero attached hydrogens (tertiary/aromatic N) is 4. The van der Waals surface area contributed by atoms with Gasteiger partial charge in [-0.3, -0.25) is 0 Å². The van der Waals surface area contributed by atoms with Gasteiger partial charge in [0.05, 0.1) is 5.69 Å². The Morgan fingerprint density at radius 1 is 1.15 bits per heavy atom. The number of likely N-dealkylation sites (tertiary alicyclic amines) is 1. The van der Waals surface area contributed by atoms with Crippen molar-refractivity contribution >= 4 is 36.4 Å². The molecule has 0 unspecified atom stereocenters. The molecule has 0 aliphatic carbocycles. The van der Waals surface area contributed by atoms with E-state index in [0.717, 1.165) is 41.2 Å². The van der Waals surface area contributed by atoms with E-state index in [1.54, 1.807) is 0 Å². The van der Waals surface area contributed by atoms with Crippen LogP contribution in [0.5, 0.6) is 0 Å². The highest BCUT2D eigenvalue weighted by molar-refractivity contribution is 6.36. The fraction of sp³-hybridized carbons (Fsp3) is 0.400. The van der Waals surface area contributed by atoms with Gasteiger partial charge >= 0.3 is 0 Å². The minimum Gasteiger partial charge on any atom is -0.370 e. The Labute approximate surface area is 166 Å². The molecule has 0 spiro atoms. The van der Waals surface area contributed by atoms with Crippen molar-refractivity contribution in [1.29, 1.82) is 0 Å². The highest BCUT2D eigenvalue weighted by Gasteiger charge is 2.13. The molecule has 5 nitrogen and oxygen atoms in total. The zero-order valence-corrected chi connectivity index (χ0v) is 16.5. The fourth-order valence-corrected chi connectivity index (χ4v) is 3.92. The van der Waals surface area contributed by atoms with Crippen molar-refractivity contribution in [1.82, 2.24) is 19.5 Å². The monoisotopic (exact) mass is 381 g/mol. The van der Waals surface area contributed by atoms with Crippen LogP contribution >= 0.6 is 11.6 Å². The third-order valence-electron chi connectivity index (χ3n) is 5.20. The number of anilines is 1. The van der Waals surface area contributed by atoms with Crippen molar-refractivity contribution in [3.8, 4) is 11.3 Å². The number of unbranched alkanes of at least 4 members (excludes halogenated alkanes) is 1. The third kappa shape index (κ3) is 4.12. The van der Waals surface area contributed by atoms with Crippen molar-refractivity contribution < 1.29 is 0 Å². The average molecular weight is 382 g/mol. The van der Waals surface area contributed by atoms with Gasteiger partial charge in [0.1, 0.15) is 13.7 Å². The number of hydrogen-bond donors (Lipinski definition) is 1. The van der Waals surface area contributed by atoms with E-state index in [1.807, 2.05) is 48.9 Å². The molecule has 140 valence electrons. The highest BCUT2D eigenvalue weighted by Crippen LogP contribution is 2.28. The van der Waals surface area contributed by atoms with Crippen LogP contribution in [0.15, 0.2) is 36.5 Å². The minimum absolute atomic E-state index is 0.711. The lowest BCUT2D eigenvalue weighted by atomic mass is 10.0. The van der Waals surface area contributed by atoms with Crippen molar-refractivity contribution in [2.45, 2.75) is 25.7 Å². The number of halogens is 1. The molecule has 0 amide bonds. The topological polar surface area (TPSA) is 45.5 Å². The van der Waals surface area contributed by atoms with Gasteiger partial charge < -0.3 is 10.2 Å². The highest BCUT2D eigenvalue weighted by atomic mass is 35.5. The van der Waals surface area contributed by atoms with E-state index in [1.165, 1.54) is 38.9 Å². The maximum absolute atomic E-state index is 6.40. The summed E-state index contributed by atoms with van der Waals surface area (Å²) in [5.41, 5.74) is 3.74. The second-order valence-corrected chi connectivity index (χ2v) is 7.66. The summed E-state index contributed by atoms with van der Waals surface area (Å²) in [5.74, 6) is 0.962. The zero-order valence-electron chi connectivity index (χ0n) is 15.8. The molecule has 1 aliphatic rings. The first-order valence-electron chi connectivity index (χ1n) is 9.79. The Bertz CT molecular complexity index is 920. The van der Waals surface area contributed by atoms with Crippen molar-refractivity contribution in [3.05, 3.63) is 41.6 Å². The molecule has 0 radical (unpaired) electrons. The van der Waals surface area contributed by atoms with Gasteiger partial charge in [0.25, 0.3) is 0 Å². The van der Waals surface area contributed by atoms with Gasteiger partial charge in [-0.2, -0.15) is 9.61 Å². The minimum atomic E-state index is 0.711. The first-order chi connectivity index (χ1) is 13.2. The molecule has 2 aromatic heterocycles. The standard InChI is InChI=1S/C20H25BClN5/c21-16-14-24-27-19(23-9-3-4-10-26-11-5-6-12-26)13-18(25-20(16)27)15-7-1-2-8-17(15)22/h1-2,7-8,13-14,23H,3-6,9-12,21H2. The number of fused-ring (bicyclic) bond motifs is 1. The Hall–Kier alpha value is -2.05. The molecule has 1 N–H and O–H groups in total. The summed E-state index contributed by atoms with van der Waals surface area (Å²) in [6.45, 7) is 4.67. The van der Waals surface area contributed by atoms with E-state index in [9.17, 15) is 0 Å². The van der Waals surface area contributed by atoms with E-state index < -0.39 is 0 Å². The van der Waals surface area contributed by atoms with E-state index in [-0.39, 0.29) is 0 Å². The van der Waals surface area contributed by atoms with Crippen LogP contribution in [-0.4, -0.2) is 53.5 Å². The van der Waals surface area contributed by atoms with Crippen molar-refractivity contribution in [2.24, 2.45) is 0 Å². The zero-order chi connectivity index (χ0) is 18.6. The van der Waals surface area contributed by atoms with Crippen LogP contribution in [0.4, 0.5) is 5.82 Å². The summed E-state index contributed by atoms with van der Waals surface area (Å²) in [6.07, 6.45) is 6.93. The van der Waals surface area contributed by atoms with Gasteiger partial charge in [0.2, 0.25) is 0 Å². The van der Waals surface area contributed by atoms with Crippen molar-refractivity contribution in [3.63, 3.8) is 0 Å². The molecule has 1 aromatic carbocycles. The number of rotatable bonds is 7. The van der Waals surface area contributed by atoms with Crippen LogP contribution in [0, 0.1) is 0 Å². The predicted molar refractivity (Wildman–Crippen MR) is 115 cm³/mol. The van der Waals surface area contributed by atoms with Crippen LogP contribution in [0.25, 0.3) is 16.9 Å². The van der Waals surface area contributed by atoms with Gasteiger partial charge in [-0.05, 0) is 56.8 Å². The maximum atomic E-state index is 6.40. The van der Waals surface area contributed by atoms with Gasteiger partial charge in [-0.15, -0.1) is 0 Å². The Balaban J connectivity index is 1.50. The number of hydrogen-bond acceptors (Lipinski definition) is 4. The third-order valence-corrected chi connectivity index (χ3v) is 5.53. The number of nitrogens with one attached hydrogen (secondary N) is 1. The van der Waals surface area contributed by atoms with Crippen LogP contribution in [0.3, 0.4) is 0 Å². The van der Waals surface area contributed by atoms with Gasteiger partial charge in [0, 0.05) is 29.4 Å². The Kier molecular flexibility index (Phi) is 5.65. The fourth-order valence-electron chi connectivity index (χ4n) is 3.69. The lowest BCUT2D eigenvalue weighted by Crippen LogP contribution is -2.21. The van der Waals surface area contributed by atoms with E-state index >= 15 is 0 Å². The molecular formula is C20H25BClN5. The Morgan fingerprint density at radius 2 is 1.96 bits per heavy atom. The molecule has 3 heterocycles. The lowest BCUT2D eigenvalue weighted by Gasteiger charge is -2.15. The summed E-state index contributed by atoms with van der Waals surface area (Å²) in [6, 6.07) is 9.88. The molecule has 0 saturated carbocycles. The van der Waals surface area contributed by atoms with Crippen LogP contribution < -0.4 is 10.8 Å². The summed E-state index contributed by atoms with van der Waals surface area (Å²) >= 11 is 6.40. The molecule has 1 aliphatic heterocycles. The lowest BCUT2D eigenvalue weighted by molar-refractivity contribution is 0.331. The average Bonchev–Trinajstić information content (AvgIpc) is 3.32. The SMILES string of the molecule is Bc1cnn2c(NCCCCN3CCCC3)cc(-c3ccccc3Cl)nc12. The van der Waals surface area contributed by atoms with E-state index in [2.05, 4.69) is 15.3 Å². The normalized spacial score (nSPS) is 14.9. The molecule has 3 aromatic rings. The summed E-state index contributed by atoms with van der Waals surface area (Å²) < 4.78 is 1.89. The second kappa shape index (κ2) is 8.32. The molecular weight excluding hydrogens is 357 g/mol. The van der Waals surface area contributed by atoms with E-state index in [4.69, 9.17) is 16.6 Å². The van der Waals surface area contributed by atoms with Crippen LogP contribution in [0.1, 0.15) is 25.7 Å². The summed E-state index contributed by atoms with van der Waals surface area (Å²) in [7, 11) is 2.03. The van der Waals surface area contributed by atoms with Gasteiger partial charge in [-0.25, -0.2) is 4.98 Å². The molecule has 1 fully saturated rings. The van der Waals surface area contributed by atoms with Gasteiger partial charge in [0.15, 0.2) is 5.65 Å². The number of benzene rings is 1. The quantitative estimate of drug-likeness (QED) is 0.505. The smallest absolute Gasteiger partial charge is 0.151 e. The molecule has 4 rings (SSSR count). The Morgan fingerprint density at radius 3 is 2.78 bits per heavy atom. The largest absolute Gasteiger partial charge is 0.370 e. The summed E-state index contributed by atoms with van der Waals surface area (Å²) in [4.78, 5) is 7.36. The molecule has 0 bridgehead atoms. The van der Waals surface area contributed by atoms with Gasteiger partial charge in [-0.1, -0.05) is 29.8 Å². The summed E-state index contributed by atoms with van der Waals surface area (Å²) in [5, 5.41) is 8.75. The number of aromatic nitrogens is 3. The first-order valence-corrected chi connectivity index (χ1v) is 10.2. The second-order valence-electron chi connectivity index (χ2n) is 7.25. The molecule has 0 atom stereocenters. The maximum Gasteiger partial charge on any atom is 0.151 e.